The molecule has 0 unspecified atom stereocenters. The molecular formula is C15H16N2. The van der Waals surface area contributed by atoms with Crippen molar-refractivity contribution in [1.82, 2.24) is 9.55 Å². The van der Waals surface area contributed by atoms with E-state index in [1.54, 1.807) is 0 Å². The van der Waals surface area contributed by atoms with Gasteiger partial charge in [-0.05, 0) is 24.1 Å². The first-order chi connectivity index (χ1) is 8.18. The highest BCUT2D eigenvalue weighted by Gasteiger charge is 2.10. The molecule has 0 N–H and O–H groups in total. The summed E-state index contributed by atoms with van der Waals surface area (Å²) in [6.07, 6.45) is 0. The summed E-state index contributed by atoms with van der Waals surface area (Å²) in [5.74, 6) is 0.470. The van der Waals surface area contributed by atoms with Crippen molar-refractivity contribution in [2.24, 2.45) is 7.05 Å². The molecule has 0 saturated heterocycles. The van der Waals surface area contributed by atoms with Gasteiger partial charge in [0.2, 0.25) is 0 Å². The topological polar surface area (TPSA) is 17.8 Å². The molecular weight excluding hydrogens is 208 g/mol. The van der Waals surface area contributed by atoms with Crippen LogP contribution >= 0.6 is 0 Å². The molecule has 0 radical (unpaired) electrons. The minimum Gasteiger partial charge on any atom is -0.328 e. The lowest BCUT2D eigenvalue weighted by atomic mass is 10.1. The van der Waals surface area contributed by atoms with Crippen LogP contribution in [0.5, 0.6) is 0 Å². The van der Waals surface area contributed by atoms with Crippen molar-refractivity contribution < 1.29 is 0 Å². The van der Waals surface area contributed by atoms with Crippen molar-refractivity contribution in [3.63, 3.8) is 0 Å². The van der Waals surface area contributed by atoms with E-state index in [2.05, 4.69) is 61.9 Å². The van der Waals surface area contributed by atoms with Crippen LogP contribution in [-0.2, 0) is 7.05 Å². The van der Waals surface area contributed by atoms with Gasteiger partial charge in [-0.15, -0.1) is 0 Å². The van der Waals surface area contributed by atoms with Crippen molar-refractivity contribution in [2.75, 3.05) is 0 Å². The van der Waals surface area contributed by atoms with E-state index in [0.717, 1.165) is 11.3 Å². The van der Waals surface area contributed by atoms with Crippen LogP contribution in [0.4, 0.5) is 0 Å². The van der Waals surface area contributed by atoms with Crippen LogP contribution in [0.2, 0.25) is 0 Å². The fourth-order valence-electron chi connectivity index (χ4n) is 2.36. The number of pyridine rings is 1. The van der Waals surface area contributed by atoms with E-state index in [0.29, 0.717) is 5.92 Å². The second-order valence-corrected chi connectivity index (χ2v) is 4.84. The molecule has 0 amide bonds. The molecule has 0 fully saturated rings. The predicted molar refractivity (Wildman–Crippen MR) is 72.3 cm³/mol. The van der Waals surface area contributed by atoms with Crippen molar-refractivity contribution in [2.45, 2.75) is 19.8 Å². The normalized spacial score (nSPS) is 11.8. The maximum Gasteiger partial charge on any atom is 0.141 e. The predicted octanol–water partition coefficient (Wildman–Crippen LogP) is 3.85. The van der Waals surface area contributed by atoms with Gasteiger partial charge in [-0.25, -0.2) is 4.98 Å². The maximum atomic E-state index is 4.77. The molecule has 0 bridgehead atoms. The number of para-hydroxylation sites is 1. The molecule has 0 aliphatic rings. The third-order valence-electron chi connectivity index (χ3n) is 3.36. The van der Waals surface area contributed by atoms with Crippen LogP contribution < -0.4 is 0 Å². The monoisotopic (exact) mass is 224 g/mol. The zero-order chi connectivity index (χ0) is 12.0. The summed E-state index contributed by atoms with van der Waals surface area (Å²) >= 11 is 0. The highest BCUT2D eigenvalue weighted by atomic mass is 15.0. The Morgan fingerprint density at radius 2 is 1.76 bits per heavy atom. The van der Waals surface area contributed by atoms with Crippen molar-refractivity contribution in [1.29, 1.82) is 0 Å². The average molecular weight is 224 g/mol. The highest BCUT2D eigenvalue weighted by molar-refractivity contribution is 6.06. The van der Waals surface area contributed by atoms with E-state index >= 15 is 0 Å². The molecule has 1 aromatic carbocycles. The SMILES string of the molecule is CC(C)c1ccc2c3ccccc3n(C)c2n1. The molecule has 2 aromatic heterocycles. The Morgan fingerprint density at radius 3 is 2.53 bits per heavy atom. The standard InChI is InChI=1S/C15H16N2/c1-10(2)13-9-8-12-11-6-4-5-7-14(11)17(3)15(12)16-13/h4-10H,1-3H3. The molecule has 0 aliphatic heterocycles. The molecule has 0 saturated carbocycles. The van der Waals surface area contributed by atoms with E-state index in [4.69, 9.17) is 4.98 Å². The molecule has 2 heteroatoms. The number of aromatic nitrogens is 2. The fourth-order valence-corrected chi connectivity index (χ4v) is 2.36. The number of fused-ring (bicyclic) bond motifs is 3. The summed E-state index contributed by atoms with van der Waals surface area (Å²) in [4.78, 5) is 4.77. The largest absolute Gasteiger partial charge is 0.328 e. The fraction of sp³-hybridized carbons (Fsp3) is 0.267. The highest BCUT2D eigenvalue weighted by Crippen LogP contribution is 2.27. The first kappa shape index (κ1) is 10.3. The summed E-state index contributed by atoms with van der Waals surface area (Å²) in [6.45, 7) is 4.35. The van der Waals surface area contributed by atoms with Gasteiger partial charge in [-0.1, -0.05) is 32.0 Å². The minimum atomic E-state index is 0.470. The molecule has 3 aromatic rings. The molecule has 3 rings (SSSR count). The van der Waals surface area contributed by atoms with Gasteiger partial charge in [-0.3, -0.25) is 0 Å². The van der Waals surface area contributed by atoms with E-state index < -0.39 is 0 Å². The molecule has 0 aliphatic carbocycles. The first-order valence-electron chi connectivity index (χ1n) is 6.02. The van der Waals surface area contributed by atoms with E-state index in [1.165, 1.54) is 16.3 Å². The summed E-state index contributed by atoms with van der Waals surface area (Å²) in [7, 11) is 2.09. The van der Waals surface area contributed by atoms with E-state index in [1.807, 2.05) is 0 Å². The van der Waals surface area contributed by atoms with Gasteiger partial charge < -0.3 is 4.57 Å². The number of hydrogen-bond acceptors (Lipinski definition) is 1. The molecule has 2 nitrogen and oxygen atoms in total. The van der Waals surface area contributed by atoms with Crippen LogP contribution in [0.3, 0.4) is 0 Å². The van der Waals surface area contributed by atoms with Crippen LogP contribution in [0.15, 0.2) is 36.4 Å². The third-order valence-corrected chi connectivity index (χ3v) is 3.36. The van der Waals surface area contributed by atoms with Crippen LogP contribution in [0.25, 0.3) is 21.9 Å². The summed E-state index contributed by atoms with van der Waals surface area (Å²) in [6, 6.07) is 12.8. The Kier molecular flexibility index (Phi) is 2.18. The van der Waals surface area contributed by atoms with E-state index in [9.17, 15) is 0 Å². The molecule has 0 spiro atoms. The molecule has 86 valence electrons. The molecule has 0 atom stereocenters. The second kappa shape index (κ2) is 3.59. The smallest absolute Gasteiger partial charge is 0.141 e. The van der Waals surface area contributed by atoms with Gasteiger partial charge in [0, 0.05) is 23.5 Å². The summed E-state index contributed by atoms with van der Waals surface area (Å²) in [5, 5.41) is 2.53. The zero-order valence-corrected chi connectivity index (χ0v) is 10.4. The van der Waals surface area contributed by atoms with Crippen LogP contribution in [-0.4, -0.2) is 9.55 Å². The summed E-state index contributed by atoms with van der Waals surface area (Å²) in [5.41, 5.74) is 3.48. The average Bonchev–Trinajstić information content (AvgIpc) is 2.64. The van der Waals surface area contributed by atoms with Crippen molar-refractivity contribution in [3.8, 4) is 0 Å². The number of nitrogens with zero attached hydrogens (tertiary/aromatic N) is 2. The Bertz CT molecular complexity index is 693. The van der Waals surface area contributed by atoms with Gasteiger partial charge in [0.15, 0.2) is 0 Å². The van der Waals surface area contributed by atoms with Crippen molar-refractivity contribution in [3.05, 3.63) is 42.1 Å². The quantitative estimate of drug-likeness (QED) is 0.614. The first-order valence-corrected chi connectivity index (χ1v) is 6.02. The lowest BCUT2D eigenvalue weighted by Gasteiger charge is -2.04. The van der Waals surface area contributed by atoms with Gasteiger partial charge in [0.1, 0.15) is 5.65 Å². The number of aryl methyl sites for hydroxylation is 1. The second-order valence-electron chi connectivity index (χ2n) is 4.84. The number of hydrogen-bond donors (Lipinski definition) is 0. The lowest BCUT2D eigenvalue weighted by molar-refractivity contribution is 0.822. The van der Waals surface area contributed by atoms with Crippen LogP contribution in [0.1, 0.15) is 25.5 Å². The summed E-state index contributed by atoms with van der Waals surface area (Å²) < 4.78 is 2.18. The van der Waals surface area contributed by atoms with Crippen LogP contribution in [0, 0.1) is 0 Å². The van der Waals surface area contributed by atoms with Gasteiger partial charge in [-0.2, -0.15) is 0 Å². The van der Waals surface area contributed by atoms with Gasteiger partial charge in [0.05, 0.1) is 5.52 Å². The number of benzene rings is 1. The van der Waals surface area contributed by atoms with Gasteiger partial charge in [0.25, 0.3) is 0 Å². The zero-order valence-electron chi connectivity index (χ0n) is 10.4. The van der Waals surface area contributed by atoms with Gasteiger partial charge >= 0.3 is 0 Å². The van der Waals surface area contributed by atoms with Crippen molar-refractivity contribution >= 4 is 21.9 Å². The van der Waals surface area contributed by atoms with E-state index in [-0.39, 0.29) is 0 Å². The number of rotatable bonds is 1. The lowest BCUT2D eigenvalue weighted by Crippen LogP contribution is -1.95. The molecule has 17 heavy (non-hydrogen) atoms. The minimum absolute atomic E-state index is 0.470. The maximum absolute atomic E-state index is 4.77. The Labute approximate surface area is 101 Å². The third kappa shape index (κ3) is 1.44. The Morgan fingerprint density at radius 1 is 1.00 bits per heavy atom. The Balaban J connectivity index is 2.45. The Hall–Kier alpha value is -1.83. The molecule has 2 heterocycles.